The largest absolute Gasteiger partial charge is 0.573 e. The number of halogens is 3. The molecule has 4 N–H and O–H groups in total. The highest BCUT2D eigenvalue weighted by molar-refractivity contribution is 6.62. The van der Waals surface area contributed by atoms with Crippen molar-refractivity contribution < 1.29 is 37.1 Å². The van der Waals surface area contributed by atoms with Crippen LogP contribution in [0.25, 0.3) is 0 Å². The van der Waals surface area contributed by atoms with E-state index in [1.807, 2.05) is 6.07 Å². The molecular weight excluding hydrogens is 430 g/mol. The predicted octanol–water partition coefficient (Wildman–Crippen LogP) is 1.35. The lowest BCUT2D eigenvalue weighted by Crippen LogP contribution is -2.49. The maximum atomic E-state index is 12.5. The number of nitriles is 1. The van der Waals surface area contributed by atoms with Crippen molar-refractivity contribution in [2.24, 2.45) is 5.73 Å². The molecule has 0 radical (unpaired) electrons. The smallest absolute Gasteiger partial charge is 0.490 e. The molecule has 1 amide bonds. The molecule has 0 bridgehead atoms. The van der Waals surface area contributed by atoms with E-state index >= 15 is 0 Å². The number of hydrogen-bond donors (Lipinski definition) is 3. The Kier molecular flexibility index (Phi) is 6.64. The number of fused-ring (bicyclic) bond motifs is 1. The van der Waals surface area contributed by atoms with Gasteiger partial charge in [0.15, 0.2) is 5.54 Å². The summed E-state index contributed by atoms with van der Waals surface area (Å²) >= 11 is 0. The summed E-state index contributed by atoms with van der Waals surface area (Å²) in [4.78, 5) is 12.5. The molecule has 2 aromatic rings. The molecule has 0 fully saturated rings. The number of amides is 1. The molecule has 1 unspecified atom stereocenters. The van der Waals surface area contributed by atoms with Crippen molar-refractivity contribution in [1.29, 1.82) is 5.26 Å². The molecule has 12 heteroatoms. The van der Waals surface area contributed by atoms with E-state index in [0.29, 0.717) is 16.8 Å². The molecule has 3 rings (SSSR count). The average molecular weight is 449 g/mol. The van der Waals surface area contributed by atoms with Gasteiger partial charge in [0, 0.05) is 17.7 Å². The number of carbonyl (C=O) groups excluding carboxylic acids is 1. The number of nitrogens with one attached hydrogen (secondary N) is 1. The molecule has 0 aliphatic carbocycles. The molecule has 8 nitrogen and oxygen atoms in total. The van der Waals surface area contributed by atoms with Crippen LogP contribution in [0.2, 0.25) is 0 Å². The minimum atomic E-state index is -4.84. The van der Waals surface area contributed by atoms with Gasteiger partial charge in [-0.15, -0.1) is 13.2 Å². The Morgan fingerprint density at radius 2 is 2.00 bits per heavy atom. The fourth-order valence-corrected chi connectivity index (χ4v) is 3.17. The van der Waals surface area contributed by atoms with Crippen LogP contribution in [-0.2, 0) is 17.8 Å². The summed E-state index contributed by atoms with van der Waals surface area (Å²) in [6, 6.07) is 9.58. The maximum Gasteiger partial charge on any atom is 0.573 e. The average Bonchev–Trinajstić information content (AvgIpc) is 3.12. The molecule has 1 aliphatic heterocycles. The van der Waals surface area contributed by atoms with Gasteiger partial charge < -0.3 is 30.2 Å². The highest BCUT2D eigenvalue weighted by Gasteiger charge is 2.33. The van der Waals surface area contributed by atoms with Crippen LogP contribution < -0.4 is 26.0 Å². The highest BCUT2D eigenvalue weighted by atomic mass is 19.4. The van der Waals surface area contributed by atoms with E-state index in [1.165, 1.54) is 6.92 Å². The second kappa shape index (κ2) is 9.08. The third kappa shape index (κ3) is 5.31. The highest BCUT2D eigenvalue weighted by Crippen LogP contribution is 2.25. The van der Waals surface area contributed by atoms with Crippen LogP contribution in [0, 0.1) is 11.3 Å². The summed E-state index contributed by atoms with van der Waals surface area (Å²) in [5.74, 6) is -0.828. The van der Waals surface area contributed by atoms with Crippen molar-refractivity contribution in [1.82, 2.24) is 5.32 Å². The van der Waals surface area contributed by atoms with Crippen LogP contribution in [0.5, 0.6) is 11.5 Å². The molecule has 168 valence electrons. The molecule has 2 aromatic carbocycles. The summed E-state index contributed by atoms with van der Waals surface area (Å²) in [6.07, 6.45) is -4.84. The van der Waals surface area contributed by atoms with Crippen LogP contribution in [0.3, 0.4) is 0 Å². The lowest BCUT2D eigenvalue weighted by atomic mass is 9.76. The quantitative estimate of drug-likeness (QED) is 0.545. The Bertz CT molecular complexity index is 1040. The van der Waals surface area contributed by atoms with Gasteiger partial charge in [0.1, 0.15) is 18.1 Å². The minimum Gasteiger partial charge on any atom is -0.490 e. The summed E-state index contributed by atoms with van der Waals surface area (Å²) in [5.41, 5.74) is 6.18. The minimum absolute atomic E-state index is 0.0291. The summed E-state index contributed by atoms with van der Waals surface area (Å²) in [5, 5.41) is 22.1. The number of nitrogens with two attached hydrogens (primary N) is 1. The number of nitrogens with zero attached hydrogens (tertiary/aromatic N) is 1. The van der Waals surface area contributed by atoms with E-state index in [-0.39, 0.29) is 25.3 Å². The lowest BCUT2D eigenvalue weighted by Gasteiger charge is -2.24. The zero-order valence-electron chi connectivity index (χ0n) is 16.9. The van der Waals surface area contributed by atoms with E-state index in [2.05, 4.69) is 10.1 Å². The molecule has 0 saturated heterocycles. The van der Waals surface area contributed by atoms with Gasteiger partial charge in [-0.1, -0.05) is 6.07 Å². The van der Waals surface area contributed by atoms with Crippen molar-refractivity contribution in [3.63, 3.8) is 0 Å². The van der Waals surface area contributed by atoms with Crippen molar-refractivity contribution in [2.75, 3.05) is 6.61 Å². The monoisotopic (exact) mass is 449 g/mol. The molecule has 1 aliphatic rings. The van der Waals surface area contributed by atoms with Crippen LogP contribution in [0.15, 0.2) is 36.4 Å². The number of rotatable bonds is 7. The first-order valence-corrected chi connectivity index (χ1v) is 9.42. The number of ether oxygens (including phenoxy) is 2. The van der Waals surface area contributed by atoms with Gasteiger partial charge in [0.25, 0.3) is 5.91 Å². The van der Waals surface area contributed by atoms with Crippen LogP contribution >= 0.6 is 0 Å². The van der Waals surface area contributed by atoms with Crippen LogP contribution in [-0.4, -0.2) is 36.6 Å². The zero-order valence-corrected chi connectivity index (χ0v) is 16.9. The maximum absolute atomic E-state index is 12.5. The number of carbonyl (C=O) groups is 1. The molecule has 0 spiro atoms. The van der Waals surface area contributed by atoms with Gasteiger partial charge in [-0.05, 0) is 48.3 Å². The standard InChI is InChI=1S/C20H19BF3N3O5/c1-19(10-26,27-18(28)12-2-5-14(6-3-12)32-20(22,23)24)11-30-16-7-4-13-9-31-21(29)17(13)15(16)8-25/h2-7,29H,8-9,11,25H2,1H3,(H,27,28). The predicted molar refractivity (Wildman–Crippen MR) is 107 cm³/mol. The van der Waals surface area contributed by atoms with E-state index in [0.717, 1.165) is 29.8 Å². The summed E-state index contributed by atoms with van der Waals surface area (Å²) in [7, 11) is -1.13. The Balaban J connectivity index is 1.69. The van der Waals surface area contributed by atoms with Crippen LogP contribution in [0.1, 0.15) is 28.4 Å². The Labute approximate surface area is 181 Å². The van der Waals surface area contributed by atoms with Gasteiger partial charge in [-0.25, -0.2) is 0 Å². The lowest BCUT2D eigenvalue weighted by molar-refractivity contribution is -0.274. The third-order valence-corrected chi connectivity index (χ3v) is 4.75. The van der Waals surface area contributed by atoms with Gasteiger partial charge in [0.2, 0.25) is 0 Å². The molecule has 1 atom stereocenters. The van der Waals surface area contributed by atoms with Crippen molar-refractivity contribution in [3.8, 4) is 17.6 Å². The molecule has 1 heterocycles. The molecule has 0 saturated carbocycles. The molecular formula is C20H19BF3N3O5. The number of benzene rings is 2. The van der Waals surface area contributed by atoms with Gasteiger partial charge in [0.05, 0.1) is 12.7 Å². The second-order valence-corrected chi connectivity index (χ2v) is 7.24. The van der Waals surface area contributed by atoms with E-state index in [1.54, 1.807) is 12.1 Å². The zero-order chi connectivity index (χ0) is 23.5. The van der Waals surface area contributed by atoms with Gasteiger partial charge in [-0.2, -0.15) is 5.26 Å². The van der Waals surface area contributed by atoms with E-state index in [9.17, 15) is 28.3 Å². The first-order chi connectivity index (χ1) is 15.0. The first-order valence-electron chi connectivity index (χ1n) is 9.42. The van der Waals surface area contributed by atoms with Crippen molar-refractivity contribution in [2.45, 2.75) is 32.0 Å². The SMILES string of the molecule is CC(C#N)(COc1ccc2c(c1CN)B(O)OC2)NC(=O)c1ccc(OC(F)(F)F)cc1. The normalized spacial score (nSPS) is 14.8. The van der Waals surface area contributed by atoms with Crippen LogP contribution in [0.4, 0.5) is 13.2 Å². The number of alkyl halides is 3. The van der Waals surface area contributed by atoms with E-state index < -0.39 is 30.7 Å². The molecule has 32 heavy (non-hydrogen) atoms. The Morgan fingerprint density at radius 3 is 2.59 bits per heavy atom. The Hall–Kier alpha value is -3.27. The third-order valence-electron chi connectivity index (χ3n) is 4.75. The van der Waals surface area contributed by atoms with Gasteiger partial charge in [-0.3, -0.25) is 4.79 Å². The van der Waals surface area contributed by atoms with Crippen molar-refractivity contribution >= 4 is 18.5 Å². The Morgan fingerprint density at radius 1 is 1.31 bits per heavy atom. The van der Waals surface area contributed by atoms with Gasteiger partial charge >= 0.3 is 13.5 Å². The van der Waals surface area contributed by atoms with Crippen molar-refractivity contribution in [3.05, 3.63) is 53.1 Å². The van der Waals surface area contributed by atoms with E-state index in [4.69, 9.17) is 15.1 Å². The topological polar surface area (TPSA) is 127 Å². The summed E-state index contributed by atoms with van der Waals surface area (Å²) in [6.45, 7) is 1.47. The fourth-order valence-electron chi connectivity index (χ4n) is 3.17. The fraction of sp³-hybridized carbons (Fsp3) is 0.300. The second-order valence-electron chi connectivity index (χ2n) is 7.24. The number of hydrogen-bond acceptors (Lipinski definition) is 7. The first kappa shape index (κ1) is 23.4. The summed E-state index contributed by atoms with van der Waals surface area (Å²) < 4.78 is 51.5. The molecule has 0 aromatic heterocycles.